The van der Waals surface area contributed by atoms with Gasteiger partial charge < -0.3 is 10.1 Å². The lowest BCUT2D eigenvalue weighted by atomic mass is 10.3. The highest BCUT2D eigenvalue weighted by Gasteiger charge is 2.05. The Bertz CT molecular complexity index is 551. The summed E-state index contributed by atoms with van der Waals surface area (Å²) in [6, 6.07) is 7.69. The Labute approximate surface area is 118 Å². The number of hydrogen-bond acceptors (Lipinski definition) is 3. The smallest absolute Gasteiger partial charge is 0.138 e. The van der Waals surface area contributed by atoms with Gasteiger partial charge in [0.2, 0.25) is 0 Å². The first-order valence-electron chi connectivity index (χ1n) is 6.23. The number of rotatable bonds is 5. The number of anilines is 1. The minimum absolute atomic E-state index is 0.116. The van der Waals surface area contributed by atoms with Gasteiger partial charge in [0, 0.05) is 18.9 Å². The zero-order valence-electron chi connectivity index (χ0n) is 11.4. The van der Waals surface area contributed by atoms with Crippen molar-refractivity contribution in [1.82, 2.24) is 9.78 Å². The standard InChI is InChI=1S/C14H18ClN3O/c1-10(2)19-14-5-4-11(8-13(14)15)16-9-12-6-7-17-18(12)3/h4-8,10,16H,9H2,1-3H3. The molecule has 5 heteroatoms. The molecule has 0 amide bonds. The second-order valence-electron chi connectivity index (χ2n) is 4.61. The molecule has 1 aromatic heterocycles. The molecule has 0 spiro atoms. The normalized spacial score (nSPS) is 10.8. The van der Waals surface area contributed by atoms with Crippen LogP contribution in [0.3, 0.4) is 0 Å². The monoisotopic (exact) mass is 279 g/mol. The van der Waals surface area contributed by atoms with E-state index in [4.69, 9.17) is 16.3 Å². The quantitative estimate of drug-likeness (QED) is 0.911. The van der Waals surface area contributed by atoms with Crippen molar-refractivity contribution >= 4 is 17.3 Å². The van der Waals surface area contributed by atoms with Crippen LogP contribution in [0.5, 0.6) is 5.75 Å². The molecule has 0 radical (unpaired) electrons. The number of halogens is 1. The molecule has 0 fully saturated rings. The van der Waals surface area contributed by atoms with Gasteiger partial charge in [0.1, 0.15) is 5.75 Å². The fraction of sp³-hybridized carbons (Fsp3) is 0.357. The second-order valence-corrected chi connectivity index (χ2v) is 5.02. The fourth-order valence-electron chi connectivity index (χ4n) is 1.73. The molecule has 0 bridgehead atoms. The third-order valence-corrected chi connectivity index (χ3v) is 2.99. The molecule has 2 aromatic rings. The van der Waals surface area contributed by atoms with Crippen molar-refractivity contribution in [2.45, 2.75) is 26.5 Å². The van der Waals surface area contributed by atoms with E-state index < -0.39 is 0 Å². The average molecular weight is 280 g/mol. The lowest BCUT2D eigenvalue weighted by Gasteiger charge is -2.13. The first-order valence-corrected chi connectivity index (χ1v) is 6.61. The van der Waals surface area contributed by atoms with Crippen molar-refractivity contribution in [3.63, 3.8) is 0 Å². The number of benzene rings is 1. The van der Waals surface area contributed by atoms with E-state index >= 15 is 0 Å². The Kier molecular flexibility index (Phi) is 4.32. The molecule has 4 nitrogen and oxygen atoms in total. The molecule has 0 aliphatic rings. The van der Waals surface area contributed by atoms with E-state index in [-0.39, 0.29) is 6.10 Å². The number of nitrogens with zero attached hydrogens (tertiary/aromatic N) is 2. The Hall–Kier alpha value is -1.68. The Morgan fingerprint density at radius 2 is 2.16 bits per heavy atom. The zero-order chi connectivity index (χ0) is 13.8. The third-order valence-electron chi connectivity index (χ3n) is 2.69. The molecule has 0 aliphatic heterocycles. The van der Waals surface area contributed by atoms with Gasteiger partial charge in [-0.15, -0.1) is 0 Å². The SMILES string of the molecule is CC(C)Oc1ccc(NCc2ccnn2C)cc1Cl. The third kappa shape index (κ3) is 3.64. The van der Waals surface area contributed by atoms with E-state index in [1.54, 1.807) is 6.20 Å². The highest BCUT2D eigenvalue weighted by atomic mass is 35.5. The summed E-state index contributed by atoms with van der Waals surface area (Å²) in [6.07, 6.45) is 1.90. The largest absolute Gasteiger partial charge is 0.489 e. The maximum atomic E-state index is 6.18. The number of hydrogen-bond donors (Lipinski definition) is 1. The van der Waals surface area contributed by atoms with Crippen LogP contribution in [0.4, 0.5) is 5.69 Å². The highest BCUT2D eigenvalue weighted by Crippen LogP contribution is 2.28. The van der Waals surface area contributed by atoms with Gasteiger partial charge in [0.05, 0.1) is 23.4 Å². The second kappa shape index (κ2) is 5.97. The van der Waals surface area contributed by atoms with Crippen molar-refractivity contribution < 1.29 is 4.74 Å². The average Bonchev–Trinajstić information content (AvgIpc) is 2.75. The number of nitrogens with one attached hydrogen (secondary N) is 1. The van der Waals surface area contributed by atoms with Gasteiger partial charge in [-0.3, -0.25) is 4.68 Å². The lowest BCUT2D eigenvalue weighted by Crippen LogP contribution is -2.07. The molecular weight excluding hydrogens is 262 g/mol. The molecule has 19 heavy (non-hydrogen) atoms. The topological polar surface area (TPSA) is 39.1 Å². The van der Waals surface area contributed by atoms with Crippen LogP contribution in [0.2, 0.25) is 5.02 Å². The number of ether oxygens (including phenoxy) is 1. The molecule has 1 heterocycles. The zero-order valence-corrected chi connectivity index (χ0v) is 12.1. The maximum absolute atomic E-state index is 6.18. The number of aromatic nitrogens is 2. The Balaban J connectivity index is 2.02. The van der Waals surface area contributed by atoms with Gasteiger partial charge in [0.15, 0.2) is 0 Å². The summed E-state index contributed by atoms with van der Waals surface area (Å²) in [5.74, 6) is 0.711. The minimum atomic E-state index is 0.116. The van der Waals surface area contributed by atoms with Gasteiger partial charge in [-0.25, -0.2) is 0 Å². The Morgan fingerprint density at radius 1 is 1.37 bits per heavy atom. The van der Waals surface area contributed by atoms with Gasteiger partial charge >= 0.3 is 0 Å². The molecular formula is C14H18ClN3O. The van der Waals surface area contributed by atoms with Crippen molar-refractivity contribution in [3.8, 4) is 5.75 Å². The molecule has 0 atom stereocenters. The van der Waals surface area contributed by atoms with Crippen LogP contribution >= 0.6 is 11.6 Å². The molecule has 2 rings (SSSR count). The summed E-state index contributed by atoms with van der Waals surface area (Å²) in [5.41, 5.74) is 2.07. The van der Waals surface area contributed by atoms with Crippen LogP contribution in [-0.2, 0) is 13.6 Å². The van der Waals surface area contributed by atoms with Crippen molar-refractivity contribution in [2.24, 2.45) is 7.05 Å². The molecule has 0 unspecified atom stereocenters. The summed E-state index contributed by atoms with van der Waals surface area (Å²) >= 11 is 6.18. The molecule has 102 valence electrons. The van der Waals surface area contributed by atoms with Crippen molar-refractivity contribution in [1.29, 1.82) is 0 Å². The van der Waals surface area contributed by atoms with E-state index in [9.17, 15) is 0 Å². The van der Waals surface area contributed by atoms with Crippen LogP contribution in [0.25, 0.3) is 0 Å². The molecule has 0 aliphatic carbocycles. The van der Waals surface area contributed by atoms with Crippen LogP contribution in [0, 0.1) is 0 Å². The molecule has 0 saturated carbocycles. The van der Waals surface area contributed by atoms with E-state index in [0.717, 1.165) is 11.4 Å². The molecule has 1 N–H and O–H groups in total. The summed E-state index contributed by atoms with van der Waals surface area (Å²) in [4.78, 5) is 0. The Morgan fingerprint density at radius 3 is 2.74 bits per heavy atom. The lowest BCUT2D eigenvalue weighted by molar-refractivity contribution is 0.242. The van der Waals surface area contributed by atoms with E-state index in [2.05, 4.69) is 10.4 Å². The predicted molar refractivity (Wildman–Crippen MR) is 77.8 cm³/mol. The fourth-order valence-corrected chi connectivity index (χ4v) is 1.95. The van der Waals surface area contributed by atoms with E-state index in [1.165, 1.54) is 0 Å². The summed E-state index contributed by atoms with van der Waals surface area (Å²) in [7, 11) is 1.92. The van der Waals surface area contributed by atoms with Crippen LogP contribution < -0.4 is 10.1 Å². The van der Waals surface area contributed by atoms with Crippen LogP contribution in [0.1, 0.15) is 19.5 Å². The molecule has 0 saturated heterocycles. The molecule has 1 aromatic carbocycles. The van der Waals surface area contributed by atoms with Gasteiger partial charge in [0.25, 0.3) is 0 Å². The van der Waals surface area contributed by atoms with Crippen LogP contribution in [0.15, 0.2) is 30.5 Å². The number of aryl methyl sites for hydroxylation is 1. The van der Waals surface area contributed by atoms with E-state index in [0.29, 0.717) is 17.3 Å². The highest BCUT2D eigenvalue weighted by molar-refractivity contribution is 6.32. The first-order chi connectivity index (χ1) is 9.06. The summed E-state index contributed by atoms with van der Waals surface area (Å²) in [6.45, 7) is 4.66. The summed E-state index contributed by atoms with van der Waals surface area (Å²) in [5, 5.41) is 8.05. The maximum Gasteiger partial charge on any atom is 0.138 e. The minimum Gasteiger partial charge on any atom is -0.489 e. The first kappa shape index (κ1) is 13.7. The van der Waals surface area contributed by atoms with Crippen molar-refractivity contribution in [3.05, 3.63) is 41.2 Å². The van der Waals surface area contributed by atoms with Crippen LogP contribution in [-0.4, -0.2) is 15.9 Å². The van der Waals surface area contributed by atoms with E-state index in [1.807, 2.05) is 49.8 Å². The van der Waals surface area contributed by atoms with Gasteiger partial charge in [-0.2, -0.15) is 5.10 Å². The predicted octanol–water partition coefficient (Wildman–Crippen LogP) is 3.47. The van der Waals surface area contributed by atoms with Gasteiger partial charge in [-0.1, -0.05) is 11.6 Å². The van der Waals surface area contributed by atoms with Crippen molar-refractivity contribution in [2.75, 3.05) is 5.32 Å². The summed E-state index contributed by atoms with van der Waals surface area (Å²) < 4.78 is 7.43. The van der Waals surface area contributed by atoms with Gasteiger partial charge in [-0.05, 0) is 38.1 Å².